The molecule has 0 bridgehead atoms. The van der Waals surface area contributed by atoms with E-state index in [1.807, 2.05) is 30.0 Å². The van der Waals surface area contributed by atoms with E-state index in [1.165, 1.54) is 6.07 Å². The van der Waals surface area contributed by atoms with Gasteiger partial charge in [0.1, 0.15) is 11.6 Å². The van der Waals surface area contributed by atoms with Gasteiger partial charge in [0.15, 0.2) is 0 Å². The van der Waals surface area contributed by atoms with E-state index in [9.17, 15) is 9.18 Å². The number of carbonyl (C=O) groups excluding carboxylic acids is 1. The number of benzene rings is 1. The fourth-order valence-corrected chi connectivity index (χ4v) is 2.93. The van der Waals surface area contributed by atoms with E-state index >= 15 is 0 Å². The molecule has 0 spiro atoms. The molecule has 0 atom stereocenters. The van der Waals surface area contributed by atoms with Crippen LogP contribution < -0.4 is 10.2 Å². The number of carbonyl (C=O) groups is 1. The maximum atomic E-state index is 13.8. The number of hydrogen-bond donors (Lipinski definition) is 1. The Labute approximate surface area is 135 Å². The lowest BCUT2D eigenvalue weighted by Crippen LogP contribution is -2.38. The van der Waals surface area contributed by atoms with E-state index in [-0.39, 0.29) is 17.6 Å². The lowest BCUT2D eigenvalue weighted by atomic mass is 9.95. The highest BCUT2D eigenvalue weighted by molar-refractivity contribution is 5.91. The van der Waals surface area contributed by atoms with Gasteiger partial charge in [-0.15, -0.1) is 0 Å². The van der Waals surface area contributed by atoms with Crippen molar-refractivity contribution in [2.24, 2.45) is 5.92 Å². The van der Waals surface area contributed by atoms with Gasteiger partial charge < -0.3 is 10.2 Å². The van der Waals surface area contributed by atoms with Crippen LogP contribution >= 0.6 is 0 Å². The van der Waals surface area contributed by atoms with Gasteiger partial charge in [-0.1, -0.05) is 18.2 Å². The number of rotatable bonds is 3. The number of para-hydroxylation sites is 1. The van der Waals surface area contributed by atoms with Gasteiger partial charge in [-0.3, -0.25) is 4.79 Å². The first-order valence-electron chi connectivity index (χ1n) is 7.87. The SMILES string of the molecule is Cc1cccc(NC(=O)C2CCN(c3ccccc3F)CC2)n1. The van der Waals surface area contributed by atoms with Gasteiger partial charge in [0, 0.05) is 24.7 Å². The Hall–Kier alpha value is -2.43. The summed E-state index contributed by atoms with van der Waals surface area (Å²) in [5, 5.41) is 2.88. The Morgan fingerprint density at radius 2 is 1.91 bits per heavy atom. The van der Waals surface area contributed by atoms with Crippen molar-refractivity contribution < 1.29 is 9.18 Å². The fraction of sp³-hybridized carbons (Fsp3) is 0.333. The van der Waals surface area contributed by atoms with Crippen LogP contribution in [0.1, 0.15) is 18.5 Å². The van der Waals surface area contributed by atoms with Crippen LogP contribution in [0.15, 0.2) is 42.5 Å². The van der Waals surface area contributed by atoms with Crippen LogP contribution in [0.5, 0.6) is 0 Å². The van der Waals surface area contributed by atoms with Gasteiger partial charge in [0.05, 0.1) is 5.69 Å². The summed E-state index contributed by atoms with van der Waals surface area (Å²) in [4.78, 5) is 18.6. The summed E-state index contributed by atoms with van der Waals surface area (Å²) in [5.41, 5.74) is 1.49. The average Bonchev–Trinajstić information content (AvgIpc) is 2.55. The molecule has 0 unspecified atom stereocenters. The molecular formula is C18H20FN3O. The summed E-state index contributed by atoms with van der Waals surface area (Å²) in [6, 6.07) is 12.3. The van der Waals surface area contributed by atoms with Crippen LogP contribution in [0.25, 0.3) is 0 Å². The van der Waals surface area contributed by atoms with Crippen LogP contribution in [-0.4, -0.2) is 24.0 Å². The first-order valence-corrected chi connectivity index (χ1v) is 7.87. The Kier molecular flexibility index (Phi) is 4.55. The standard InChI is InChI=1S/C18H20FN3O/c1-13-5-4-8-17(20-13)21-18(23)14-9-11-22(12-10-14)16-7-3-2-6-15(16)19/h2-8,14H,9-12H2,1H3,(H,20,21,23). The minimum Gasteiger partial charge on any atom is -0.369 e. The summed E-state index contributed by atoms with van der Waals surface area (Å²) in [5.74, 6) is 0.322. The number of pyridine rings is 1. The maximum absolute atomic E-state index is 13.8. The van der Waals surface area contributed by atoms with E-state index < -0.39 is 0 Å². The molecule has 3 rings (SSSR count). The first-order chi connectivity index (χ1) is 11.1. The van der Waals surface area contributed by atoms with Crippen molar-refractivity contribution in [3.63, 3.8) is 0 Å². The van der Waals surface area contributed by atoms with Crippen LogP contribution in [0.2, 0.25) is 0 Å². The highest BCUT2D eigenvalue weighted by Crippen LogP contribution is 2.26. The zero-order valence-electron chi connectivity index (χ0n) is 13.1. The highest BCUT2D eigenvalue weighted by atomic mass is 19.1. The second-order valence-electron chi connectivity index (χ2n) is 5.87. The molecule has 1 aliphatic rings. The van der Waals surface area contributed by atoms with Gasteiger partial charge in [-0.2, -0.15) is 0 Å². The number of amides is 1. The van der Waals surface area contributed by atoms with Crippen molar-refractivity contribution in [2.45, 2.75) is 19.8 Å². The number of nitrogens with one attached hydrogen (secondary N) is 1. The fourth-order valence-electron chi connectivity index (χ4n) is 2.93. The minimum absolute atomic E-state index is 0.00344. The predicted molar refractivity (Wildman–Crippen MR) is 88.9 cm³/mol. The summed E-state index contributed by atoms with van der Waals surface area (Å²) in [7, 11) is 0. The van der Waals surface area contributed by atoms with Crippen molar-refractivity contribution in [1.82, 2.24) is 4.98 Å². The number of nitrogens with zero attached hydrogens (tertiary/aromatic N) is 2. The zero-order chi connectivity index (χ0) is 16.2. The average molecular weight is 313 g/mol. The van der Waals surface area contributed by atoms with Crippen LogP contribution in [0.3, 0.4) is 0 Å². The van der Waals surface area contributed by atoms with E-state index in [2.05, 4.69) is 10.3 Å². The molecular weight excluding hydrogens is 293 g/mol. The number of aryl methyl sites for hydroxylation is 1. The molecule has 120 valence electrons. The van der Waals surface area contributed by atoms with E-state index in [4.69, 9.17) is 0 Å². The molecule has 1 aliphatic heterocycles. The number of hydrogen-bond acceptors (Lipinski definition) is 3. The molecule has 0 radical (unpaired) electrons. The van der Waals surface area contributed by atoms with E-state index in [0.717, 1.165) is 5.69 Å². The largest absolute Gasteiger partial charge is 0.369 e. The maximum Gasteiger partial charge on any atom is 0.228 e. The molecule has 1 aromatic heterocycles. The van der Waals surface area contributed by atoms with Crippen molar-refractivity contribution in [1.29, 1.82) is 0 Å². The van der Waals surface area contributed by atoms with Crippen molar-refractivity contribution in [2.75, 3.05) is 23.3 Å². The van der Waals surface area contributed by atoms with Crippen molar-refractivity contribution in [3.8, 4) is 0 Å². The zero-order valence-corrected chi connectivity index (χ0v) is 13.1. The third-order valence-corrected chi connectivity index (χ3v) is 4.20. The Bertz CT molecular complexity index is 696. The van der Waals surface area contributed by atoms with Crippen LogP contribution in [-0.2, 0) is 4.79 Å². The summed E-state index contributed by atoms with van der Waals surface area (Å²) in [6.45, 7) is 3.25. The Morgan fingerprint density at radius 3 is 2.61 bits per heavy atom. The molecule has 23 heavy (non-hydrogen) atoms. The predicted octanol–water partition coefficient (Wildman–Crippen LogP) is 3.38. The summed E-state index contributed by atoms with van der Waals surface area (Å²) in [6.07, 6.45) is 1.43. The molecule has 4 nitrogen and oxygen atoms in total. The van der Waals surface area contributed by atoms with Gasteiger partial charge in [0.2, 0.25) is 5.91 Å². The monoisotopic (exact) mass is 313 g/mol. The third kappa shape index (κ3) is 3.67. The number of halogens is 1. The normalized spacial score (nSPS) is 15.5. The van der Waals surface area contributed by atoms with Crippen molar-refractivity contribution in [3.05, 3.63) is 54.0 Å². The molecule has 2 aromatic rings. The van der Waals surface area contributed by atoms with Crippen molar-refractivity contribution >= 4 is 17.4 Å². The quantitative estimate of drug-likeness (QED) is 0.945. The molecule has 0 aliphatic carbocycles. The third-order valence-electron chi connectivity index (χ3n) is 4.20. The Balaban J connectivity index is 1.58. The van der Waals surface area contributed by atoms with Crippen LogP contribution in [0, 0.1) is 18.7 Å². The van der Waals surface area contributed by atoms with Crippen LogP contribution in [0.4, 0.5) is 15.9 Å². The molecule has 1 fully saturated rings. The molecule has 5 heteroatoms. The van der Waals surface area contributed by atoms with Gasteiger partial charge in [-0.05, 0) is 44.0 Å². The van der Waals surface area contributed by atoms with Gasteiger partial charge in [-0.25, -0.2) is 9.37 Å². The van der Waals surface area contributed by atoms with Gasteiger partial charge in [0.25, 0.3) is 0 Å². The minimum atomic E-state index is -0.209. The second kappa shape index (κ2) is 6.77. The number of anilines is 2. The lowest BCUT2D eigenvalue weighted by molar-refractivity contribution is -0.120. The smallest absolute Gasteiger partial charge is 0.228 e. The Morgan fingerprint density at radius 1 is 1.17 bits per heavy atom. The second-order valence-corrected chi connectivity index (χ2v) is 5.87. The molecule has 1 aromatic carbocycles. The molecule has 1 saturated heterocycles. The number of piperidine rings is 1. The lowest BCUT2D eigenvalue weighted by Gasteiger charge is -2.33. The van der Waals surface area contributed by atoms with E-state index in [0.29, 0.717) is 37.4 Å². The molecule has 1 amide bonds. The first kappa shape index (κ1) is 15.5. The highest BCUT2D eigenvalue weighted by Gasteiger charge is 2.26. The summed E-state index contributed by atoms with van der Waals surface area (Å²) >= 11 is 0. The van der Waals surface area contributed by atoms with E-state index in [1.54, 1.807) is 18.2 Å². The molecule has 1 N–H and O–H groups in total. The topological polar surface area (TPSA) is 45.2 Å². The summed E-state index contributed by atoms with van der Waals surface area (Å²) < 4.78 is 13.8. The molecule has 0 saturated carbocycles. The molecule has 2 heterocycles. The number of aromatic nitrogens is 1. The van der Waals surface area contributed by atoms with Gasteiger partial charge >= 0.3 is 0 Å².